The van der Waals surface area contributed by atoms with Crippen LogP contribution in [-0.2, 0) is 65.4 Å². The van der Waals surface area contributed by atoms with Gasteiger partial charge < -0.3 is 33.8 Å². The Balaban J connectivity index is 5.20. The highest BCUT2D eigenvalue weighted by Crippen LogP contribution is 2.45. The van der Waals surface area contributed by atoms with E-state index in [9.17, 15) is 43.2 Å². The largest absolute Gasteiger partial charge is 0.472 e. The van der Waals surface area contributed by atoms with E-state index in [0.29, 0.717) is 31.6 Å². The molecule has 0 aromatic rings. The molecule has 17 nitrogen and oxygen atoms in total. The maximum absolute atomic E-state index is 13.1. The van der Waals surface area contributed by atoms with Gasteiger partial charge in [0.1, 0.15) is 19.3 Å². The number of carbonyl (C=O) groups is 4. The zero-order valence-electron chi connectivity index (χ0n) is 69.2. The Morgan fingerprint density at radius 3 is 0.648 bits per heavy atom. The van der Waals surface area contributed by atoms with E-state index in [1.165, 1.54) is 257 Å². The van der Waals surface area contributed by atoms with Gasteiger partial charge in [0.2, 0.25) is 0 Å². The highest BCUT2D eigenvalue weighted by molar-refractivity contribution is 7.47. The highest BCUT2D eigenvalue weighted by Gasteiger charge is 2.30. The van der Waals surface area contributed by atoms with Crippen LogP contribution >= 0.6 is 15.6 Å². The maximum atomic E-state index is 13.1. The highest BCUT2D eigenvalue weighted by atomic mass is 31.2. The number of unbranched alkanes of at least 4 members (excludes halogenated alkanes) is 52. The molecule has 19 heteroatoms. The summed E-state index contributed by atoms with van der Waals surface area (Å²) in [6, 6.07) is 0. The second-order valence-electron chi connectivity index (χ2n) is 32.4. The van der Waals surface area contributed by atoms with Crippen LogP contribution in [0, 0.1) is 17.8 Å². The molecule has 0 saturated heterocycles. The van der Waals surface area contributed by atoms with Crippen LogP contribution in [0.15, 0.2) is 0 Å². The average molecular weight is 1540 g/mol. The Hall–Kier alpha value is -1.94. The van der Waals surface area contributed by atoms with Crippen LogP contribution in [0.2, 0.25) is 0 Å². The number of hydrogen-bond acceptors (Lipinski definition) is 15. The van der Waals surface area contributed by atoms with Gasteiger partial charge in [0.05, 0.1) is 26.4 Å². The predicted octanol–water partition coefficient (Wildman–Crippen LogP) is 26.1. The molecule has 0 aromatic carbocycles. The summed E-state index contributed by atoms with van der Waals surface area (Å²) in [5, 5.41) is 10.7. The molecule has 2 unspecified atom stereocenters. The summed E-state index contributed by atoms with van der Waals surface area (Å²) < 4.78 is 68.8. The van der Waals surface area contributed by atoms with Gasteiger partial charge in [0.25, 0.3) is 0 Å². The molecule has 105 heavy (non-hydrogen) atoms. The monoisotopic (exact) mass is 1540 g/mol. The lowest BCUT2D eigenvalue weighted by Gasteiger charge is -2.21. The first kappa shape index (κ1) is 103. The minimum atomic E-state index is -4.97. The zero-order chi connectivity index (χ0) is 77.2. The molecule has 0 aromatic heterocycles. The van der Waals surface area contributed by atoms with E-state index in [1.807, 2.05) is 0 Å². The summed E-state index contributed by atoms with van der Waals surface area (Å²) in [5.74, 6) is 0.165. The van der Waals surface area contributed by atoms with Crippen molar-refractivity contribution >= 4 is 39.5 Å². The number of carbonyl (C=O) groups excluding carboxylic acids is 4. The Bertz CT molecular complexity index is 2030. The molecule has 0 aliphatic heterocycles. The van der Waals surface area contributed by atoms with Crippen molar-refractivity contribution in [1.29, 1.82) is 0 Å². The van der Waals surface area contributed by atoms with Gasteiger partial charge in [0, 0.05) is 25.7 Å². The third-order valence-corrected chi connectivity index (χ3v) is 22.0. The molecule has 0 amide bonds. The number of phosphoric ester groups is 2. The first-order valence-electron chi connectivity index (χ1n) is 44.3. The van der Waals surface area contributed by atoms with E-state index >= 15 is 0 Å². The maximum Gasteiger partial charge on any atom is 0.472 e. The number of aliphatic hydroxyl groups excluding tert-OH is 1. The summed E-state index contributed by atoms with van der Waals surface area (Å²) in [6.07, 6.45) is 66.9. The molecule has 0 heterocycles. The quantitative estimate of drug-likeness (QED) is 0.0222. The van der Waals surface area contributed by atoms with E-state index in [4.69, 9.17) is 37.0 Å². The van der Waals surface area contributed by atoms with Gasteiger partial charge >= 0.3 is 39.5 Å². The lowest BCUT2D eigenvalue weighted by Crippen LogP contribution is -2.30. The molecule has 0 radical (unpaired) electrons. The van der Waals surface area contributed by atoms with Crippen LogP contribution < -0.4 is 0 Å². The van der Waals surface area contributed by atoms with E-state index in [-0.39, 0.29) is 25.7 Å². The van der Waals surface area contributed by atoms with Crippen LogP contribution in [0.25, 0.3) is 0 Å². The van der Waals surface area contributed by atoms with Crippen LogP contribution in [-0.4, -0.2) is 96.7 Å². The van der Waals surface area contributed by atoms with Crippen LogP contribution in [0.4, 0.5) is 0 Å². The van der Waals surface area contributed by atoms with Gasteiger partial charge in [0.15, 0.2) is 12.2 Å². The molecular formula is C86H168O17P2. The van der Waals surface area contributed by atoms with Crippen molar-refractivity contribution in [3.8, 4) is 0 Å². The molecule has 0 spiro atoms. The Kier molecular flexibility index (Phi) is 74.7. The summed E-state index contributed by atoms with van der Waals surface area (Å²) in [4.78, 5) is 73.2. The average Bonchev–Trinajstić information content (AvgIpc) is 0.907. The number of rotatable bonds is 84. The molecule has 0 rings (SSSR count). The van der Waals surface area contributed by atoms with Crippen LogP contribution in [0.5, 0.6) is 0 Å². The minimum absolute atomic E-state index is 0.107. The SMILES string of the molecule is CCCCCCCCCCCCCCCCCCCCCCCCC(=O)O[C@H](COC(=O)CCCCCCCCCCCCCCCCC(C)C)COP(=O)(O)OC[C@@H](O)COP(=O)(O)OC[C@@H](COC(=O)CCCCCCCCC(C)C)OC(=O)CCCCCCCCCCCCCCCCC(C)C. The second kappa shape index (κ2) is 76.1. The Morgan fingerprint density at radius 2 is 0.438 bits per heavy atom. The molecule has 0 saturated carbocycles. The Labute approximate surface area is 645 Å². The van der Waals surface area contributed by atoms with Crippen molar-refractivity contribution < 1.29 is 80.2 Å². The van der Waals surface area contributed by atoms with Gasteiger partial charge in [-0.05, 0) is 43.4 Å². The summed E-state index contributed by atoms with van der Waals surface area (Å²) in [6.45, 7) is 11.9. The topological polar surface area (TPSA) is 237 Å². The molecule has 624 valence electrons. The van der Waals surface area contributed by atoms with E-state index in [0.717, 1.165) is 108 Å². The second-order valence-corrected chi connectivity index (χ2v) is 35.3. The molecule has 0 bridgehead atoms. The fourth-order valence-electron chi connectivity index (χ4n) is 13.4. The lowest BCUT2D eigenvalue weighted by atomic mass is 10.0. The van der Waals surface area contributed by atoms with Crippen molar-refractivity contribution in [2.45, 2.75) is 471 Å². The van der Waals surface area contributed by atoms with E-state index in [1.54, 1.807) is 0 Å². The van der Waals surface area contributed by atoms with E-state index in [2.05, 4.69) is 48.5 Å². The van der Waals surface area contributed by atoms with Gasteiger partial charge in [-0.3, -0.25) is 37.3 Å². The van der Waals surface area contributed by atoms with Crippen molar-refractivity contribution in [3.05, 3.63) is 0 Å². The number of phosphoric acid groups is 2. The summed E-state index contributed by atoms with van der Waals surface area (Å²) in [5.41, 5.74) is 0. The van der Waals surface area contributed by atoms with Crippen molar-refractivity contribution in [3.63, 3.8) is 0 Å². The third kappa shape index (κ3) is 79.9. The number of hydrogen-bond donors (Lipinski definition) is 3. The molecular weight excluding hydrogens is 1370 g/mol. The number of aliphatic hydroxyl groups is 1. The summed E-state index contributed by atoms with van der Waals surface area (Å²) >= 11 is 0. The number of esters is 4. The van der Waals surface area contributed by atoms with Crippen molar-refractivity contribution in [2.24, 2.45) is 17.8 Å². The lowest BCUT2D eigenvalue weighted by molar-refractivity contribution is -0.161. The first-order chi connectivity index (χ1) is 50.7. The van der Waals surface area contributed by atoms with Crippen molar-refractivity contribution in [1.82, 2.24) is 0 Å². The molecule has 0 aliphatic rings. The fourth-order valence-corrected chi connectivity index (χ4v) is 14.9. The molecule has 3 N–H and O–H groups in total. The minimum Gasteiger partial charge on any atom is -0.462 e. The fraction of sp³-hybridized carbons (Fsp3) is 0.953. The van der Waals surface area contributed by atoms with Gasteiger partial charge in [-0.2, -0.15) is 0 Å². The number of ether oxygens (including phenoxy) is 4. The van der Waals surface area contributed by atoms with Gasteiger partial charge in [-0.15, -0.1) is 0 Å². The Morgan fingerprint density at radius 1 is 0.257 bits per heavy atom. The van der Waals surface area contributed by atoms with Gasteiger partial charge in [-0.25, -0.2) is 9.13 Å². The molecule has 0 aliphatic carbocycles. The first-order valence-corrected chi connectivity index (χ1v) is 47.3. The third-order valence-electron chi connectivity index (χ3n) is 20.1. The van der Waals surface area contributed by atoms with Crippen LogP contribution in [0.1, 0.15) is 453 Å². The smallest absolute Gasteiger partial charge is 0.462 e. The van der Waals surface area contributed by atoms with E-state index < -0.39 is 97.5 Å². The van der Waals surface area contributed by atoms with Gasteiger partial charge in [-0.1, -0.05) is 402 Å². The molecule has 0 fully saturated rings. The summed E-state index contributed by atoms with van der Waals surface area (Å²) in [7, 11) is -9.93. The van der Waals surface area contributed by atoms with Crippen LogP contribution in [0.3, 0.4) is 0 Å². The standard InChI is InChI=1S/C86H168O17P2/c1-8-9-10-11-12-13-14-15-16-17-18-19-20-21-22-23-31-36-41-46-55-62-69-85(90)102-81(73-96-83(88)67-60-53-45-40-35-30-26-24-28-33-38-43-50-57-64-77(2)3)75-100-104(92,93)98-71-80(87)72-99-105(94,95)101-76-82(74-97-84(89)68-61-54-49-48-52-59-66-79(6)7)103-86(91)70-63-56-47-42-37-32-27-25-29-34-39-44-51-58-65-78(4)5/h77-82,87H,8-76H2,1-7H3,(H,92,93)(H,94,95)/t80-,81-,82-/m1/s1. The molecule has 5 atom stereocenters. The zero-order valence-corrected chi connectivity index (χ0v) is 71.0. The normalized spacial score (nSPS) is 13.9. The van der Waals surface area contributed by atoms with Crippen molar-refractivity contribution in [2.75, 3.05) is 39.6 Å². The predicted molar refractivity (Wildman–Crippen MR) is 432 cm³/mol.